The first-order chi connectivity index (χ1) is 17.5. The number of aromatic amines is 1. The molecular formula is C26H19BrN4O4S. The van der Waals surface area contributed by atoms with E-state index in [1.165, 1.54) is 11.3 Å². The van der Waals surface area contributed by atoms with Crippen molar-refractivity contribution in [1.82, 2.24) is 10.2 Å². The Hall–Kier alpha value is -4.07. The summed E-state index contributed by atoms with van der Waals surface area (Å²) in [5.74, 6) is -0.131. The number of nitrogens with one attached hydrogen (secondary N) is 1. The Kier molecular flexibility index (Phi) is 6.50. The minimum Gasteiger partial charge on any atom is -0.490 e. The maximum Gasteiger partial charge on any atom is 0.353 e. The van der Waals surface area contributed by atoms with Crippen LogP contribution in [-0.4, -0.2) is 22.8 Å². The average Bonchev–Trinajstić information content (AvgIpc) is 3.55. The standard InChI is InChI=1S/C26H19BrN4O4S/c1-2-33-19-12-15(7-10-18(19)34-26(32)20-4-3-11-36-20)21-17(13-28)24(29)35-25-22(21)23(30-31-25)14-5-8-16(27)9-6-14/h3-12,21H,2,29H2,1H3,(H,30,31)/t21-/m1/s1. The number of nitrogens with two attached hydrogens (primary N) is 1. The fourth-order valence-corrected chi connectivity index (χ4v) is 4.88. The molecule has 4 aromatic rings. The number of ether oxygens (including phenoxy) is 3. The van der Waals surface area contributed by atoms with Crippen LogP contribution in [0.2, 0.25) is 0 Å². The number of H-pyrrole nitrogens is 1. The highest BCUT2D eigenvalue weighted by atomic mass is 79.9. The van der Waals surface area contributed by atoms with Crippen molar-refractivity contribution in [2.24, 2.45) is 5.73 Å². The molecule has 5 rings (SSSR count). The number of carbonyl (C=O) groups excluding carboxylic acids is 1. The van der Waals surface area contributed by atoms with Crippen LogP contribution in [0.1, 0.15) is 33.6 Å². The number of esters is 1. The van der Waals surface area contributed by atoms with Crippen LogP contribution in [0.3, 0.4) is 0 Å². The van der Waals surface area contributed by atoms with E-state index in [1.54, 1.807) is 35.7 Å². The van der Waals surface area contributed by atoms with Crippen molar-refractivity contribution in [3.8, 4) is 34.7 Å². The van der Waals surface area contributed by atoms with Crippen LogP contribution in [0, 0.1) is 11.3 Å². The SMILES string of the molecule is CCOc1cc([C@@H]2C(C#N)=C(N)Oc3n[nH]c(-c4ccc(Br)cc4)c32)ccc1OC(=O)c1cccs1. The Morgan fingerprint density at radius 1 is 1.25 bits per heavy atom. The van der Waals surface area contributed by atoms with Gasteiger partial charge in [-0.15, -0.1) is 16.4 Å². The van der Waals surface area contributed by atoms with E-state index < -0.39 is 11.9 Å². The van der Waals surface area contributed by atoms with E-state index in [4.69, 9.17) is 19.9 Å². The third-order valence-electron chi connectivity index (χ3n) is 5.60. The molecule has 0 unspecified atom stereocenters. The molecule has 0 spiro atoms. The molecule has 0 amide bonds. The van der Waals surface area contributed by atoms with Crippen LogP contribution in [0.5, 0.6) is 17.4 Å². The molecule has 8 nitrogen and oxygen atoms in total. The number of aromatic nitrogens is 2. The maximum absolute atomic E-state index is 12.5. The molecule has 180 valence electrons. The van der Waals surface area contributed by atoms with Crippen LogP contribution in [-0.2, 0) is 0 Å². The van der Waals surface area contributed by atoms with Gasteiger partial charge in [0.25, 0.3) is 0 Å². The fourth-order valence-electron chi connectivity index (χ4n) is 4.02. The molecule has 0 saturated carbocycles. The zero-order chi connectivity index (χ0) is 25.2. The molecular weight excluding hydrogens is 544 g/mol. The first kappa shape index (κ1) is 23.7. The third kappa shape index (κ3) is 4.34. The third-order valence-corrected chi connectivity index (χ3v) is 6.98. The Labute approximate surface area is 219 Å². The first-order valence-electron chi connectivity index (χ1n) is 10.9. The highest BCUT2D eigenvalue weighted by Gasteiger charge is 2.36. The number of carbonyl (C=O) groups is 1. The van der Waals surface area contributed by atoms with E-state index >= 15 is 0 Å². The minimum atomic E-state index is -0.586. The van der Waals surface area contributed by atoms with Crippen LogP contribution in [0.25, 0.3) is 11.3 Å². The van der Waals surface area contributed by atoms with Gasteiger partial charge in [-0.05, 0) is 48.2 Å². The van der Waals surface area contributed by atoms with E-state index in [-0.39, 0.29) is 17.2 Å². The molecule has 1 aliphatic heterocycles. The van der Waals surface area contributed by atoms with Crippen LogP contribution >= 0.6 is 27.3 Å². The lowest BCUT2D eigenvalue weighted by molar-refractivity contribution is 0.0733. The summed E-state index contributed by atoms with van der Waals surface area (Å²) in [6, 6.07) is 18.6. The highest BCUT2D eigenvalue weighted by Crippen LogP contribution is 2.47. The van der Waals surface area contributed by atoms with Crippen molar-refractivity contribution in [2.45, 2.75) is 12.8 Å². The number of halogens is 1. The van der Waals surface area contributed by atoms with Gasteiger partial charge in [-0.3, -0.25) is 5.10 Å². The summed E-state index contributed by atoms with van der Waals surface area (Å²) in [4.78, 5) is 13.0. The highest BCUT2D eigenvalue weighted by molar-refractivity contribution is 9.10. The molecule has 2 aromatic carbocycles. The average molecular weight is 563 g/mol. The number of benzene rings is 2. The van der Waals surface area contributed by atoms with Crippen molar-refractivity contribution in [3.63, 3.8) is 0 Å². The van der Waals surface area contributed by atoms with E-state index in [1.807, 2.05) is 31.2 Å². The lowest BCUT2D eigenvalue weighted by Gasteiger charge is -2.25. The van der Waals surface area contributed by atoms with Crippen molar-refractivity contribution >= 4 is 33.2 Å². The van der Waals surface area contributed by atoms with Gasteiger partial charge in [0.1, 0.15) is 16.5 Å². The van der Waals surface area contributed by atoms with E-state index in [0.29, 0.717) is 39.9 Å². The van der Waals surface area contributed by atoms with Crippen molar-refractivity contribution in [1.29, 1.82) is 5.26 Å². The Morgan fingerprint density at radius 2 is 2.06 bits per heavy atom. The molecule has 36 heavy (non-hydrogen) atoms. The molecule has 0 radical (unpaired) electrons. The first-order valence-corrected chi connectivity index (χ1v) is 12.6. The number of nitriles is 1. The zero-order valence-corrected chi connectivity index (χ0v) is 21.4. The van der Waals surface area contributed by atoms with E-state index in [0.717, 1.165) is 10.0 Å². The molecule has 3 heterocycles. The van der Waals surface area contributed by atoms with Crippen molar-refractivity contribution in [3.05, 3.63) is 91.9 Å². The predicted octanol–water partition coefficient (Wildman–Crippen LogP) is 5.74. The summed E-state index contributed by atoms with van der Waals surface area (Å²) in [6.07, 6.45) is 0. The van der Waals surface area contributed by atoms with Gasteiger partial charge < -0.3 is 19.9 Å². The quantitative estimate of drug-likeness (QED) is 0.227. The monoisotopic (exact) mass is 562 g/mol. The fraction of sp³-hybridized carbons (Fsp3) is 0.115. The van der Waals surface area contributed by atoms with Gasteiger partial charge >= 0.3 is 5.97 Å². The van der Waals surface area contributed by atoms with Crippen LogP contribution in [0.15, 0.2) is 75.9 Å². The molecule has 1 aliphatic rings. The normalized spacial score (nSPS) is 14.5. The summed E-state index contributed by atoms with van der Waals surface area (Å²) in [5, 5.41) is 19.1. The lowest BCUT2D eigenvalue weighted by Crippen LogP contribution is -2.21. The number of allylic oxidation sites excluding steroid dienone is 1. The van der Waals surface area contributed by atoms with Gasteiger partial charge in [0.2, 0.25) is 11.8 Å². The Balaban J connectivity index is 1.60. The minimum absolute atomic E-state index is 0.0185. The molecule has 0 aliphatic carbocycles. The van der Waals surface area contributed by atoms with E-state index in [2.05, 4.69) is 32.2 Å². The number of hydrogen-bond donors (Lipinski definition) is 2. The van der Waals surface area contributed by atoms with Gasteiger partial charge in [-0.2, -0.15) is 5.26 Å². The van der Waals surface area contributed by atoms with Crippen LogP contribution < -0.4 is 19.9 Å². The predicted molar refractivity (Wildman–Crippen MR) is 138 cm³/mol. The van der Waals surface area contributed by atoms with Gasteiger partial charge in [0, 0.05) is 10.0 Å². The molecule has 1 atom stereocenters. The van der Waals surface area contributed by atoms with Crippen LogP contribution in [0.4, 0.5) is 0 Å². The number of hydrogen-bond acceptors (Lipinski definition) is 8. The second kappa shape index (κ2) is 9.89. The summed E-state index contributed by atoms with van der Waals surface area (Å²) < 4.78 is 18.1. The lowest BCUT2D eigenvalue weighted by atomic mass is 9.83. The van der Waals surface area contributed by atoms with Gasteiger partial charge in [0.15, 0.2) is 11.5 Å². The summed E-state index contributed by atoms with van der Waals surface area (Å²) >= 11 is 4.75. The summed E-state index contributed by atoms with van der Waals surface area (Å²) in [7, 11) is 0. The Bertz CT molecular complexity index is 1500. The van der Waals surface area contributed by atoms with Gasteiger partial charge in [-0.25, -0.2) is 4.79 Å². The van der Waals surface area contributed by atoms with E-state index in [9.17, 15) is 10.1 Å². The second-order valence-electron chi connectivity index (χ2n) is 7.76. The largest absolute Gasteiger partial charge is 0.490 e. The zero-order valence-electron chi connectivity index (χ0n) is 18.9. The molecule has 2 aromatic heterocycles. The second-order valence-corrected chi connectivity index (χ2v) is 9.62. The van der Waals surface area contributed by atoms with Crippen molar-refractivity contribution < 1.29 is 19.0 Å². The summed E-state index contributed by atoms with van der Waals surface area (Å²) in [5.41, 5.74) is 9.32. The number of thiophene rings is 1. The number of nitrogens with zero attached hydrogens (tertiary/aromatic N) is 2. The molecule has 10 heteroatoms. The van der Waals surface area contributed by atoms with Crippen molar-refractivity contribution in [2.75, 3.05) is 6.61 Å². The van der Waals surface area contributed by atoms with Gasteiger partial charge in [-0.1, -0.05) is 40.2 Å². The molecule has 3 N–H and O–H groups in total. The van der Waals surface area contributed by atoms with Gasteiger partial charge in [0.05, 0.1) is 23.8 Å². The molecule has 0 fully saturated rings. The smallest absolute Gasteiger partial charge is 0.353 e. The molecule has 0 saturated heterocycles. The topological polar surface area (TPSA) is 123 Å². The summed E-state index contributed by atoms with van der Waals surface area (Å²) in [6.45, 7) is 2.19. The number of fused-ring (bicyclic) bond motifs is 1. The number of rotatable bonds is 6. The maximum atomic E-state index is 12.5. The molecule has 0 bridgehead atoms. The Morgan fingerprint density at radius 3 is 2.75 bits per heavy atom.